The van der Waals surface area contributed by atoms with Crippen LogP contribution >= 0.6 is 0 Å². The molecule has 0 aromatic carbocycles. The standard InChI is InChI=1S/C56H90O28S/c1-21(2)15-25(58)18-56(8,70)34-10-9-28-27-17-31(30-16-26(84-85(71,72)73)11-13-54(30,6)29(27)12-14-55(28,34)7)78-51-45(69)46(37(61)24(5)77-51)81-52-47(82-49-43(67)40(64)35(59)22(3)75-49)39(63)33(20-74-52)80-53-48(42(66)38(62)32(19-57)79-53)83-50-44(68)41(65)36(60)23(4)76-50/h12,15,22-24,26-28,30-53,57,59-70H,9-11,13-14,16-20H2,1-8H3,(H,71,72,73)/t22-,23-,24-,26+,27+,28+,30-,31+,32-,33-,34+,35-,36+,37-,38+,39+,40+,41+,42+,43-,44-,45-,46+,47-,48-,49+,50+,51+,52+,53+,54-,55+,56+/m1/s1. The second-order valence-electron chi connectivity index (χ2n) is 26.2. The highest BCUT2D eigenvalue weighted by atomic mass is 32.3. The van der Waals surface area contributed by atoms with Gasteiger partial charge in [-0.3, -0.25) is 9.35 Å². The van der Waals surface area contributed by atoms with Gasteiger partial charge in [0.1, 0.15) is 97.7 Å². The van der Waals surface area contributed by atoms with Crippen molar-refractivity contribution in [1.82, 2.24) is 0 Å². The van der Waals surface area contributed by atoms with Crippen LogP contribution in [0.5, 0.6) is 0 Å². The van der Waals surface area contributed by atoms with Crippen LogP contribution in [0.3, 0.4) is 0 Å². The first-order valence-electron chi connectivity index (χ1n) is 29.6. The van der Waals surface area contributed by atoms with Crippen LogP contribution in [0.1, 0.15) is 107 Å². The van der Waals surface area contributed by atoms with E-state index < -0.39 is 206 Å². The molecule has 33 atom stereocenters. The Morgan fingerprint density at radius 1 is 0.647 bits per heavy atom. The lowest BCUT2D eigenvalue weighted by Gasteiger charge is -2.60. The molecule has 488 valence electrons. The van der Waals surface area contributed by atoms with E-state index in [1.54, 1.807) is 6.92 Å². The van der Waals surface area contributed by atoms with Gasteiger partial charge in [-0.05, 0) is 127 Å². The number of fused-ring (bicyclic) bond motifs is 5. The number of ether oxygens (including phenoxy) is 10. The molecule has 14 N–H and O–H groups in total. The molecule has 0 spiro atoms. The third-order valence-electron chi connectivity index (χ3n) is 20.1. The smallest absolute Gasteiger partial charge is 0.394 e. The van der Waals surface area contributed by atoms with Crippen molar-refractivity contribution in [3.63, 3.8) is 0 Å². The minimum atomic E-state index is -4.89. The van der Waals surface area contributed by atoms with Crippen LogP contribution in [0.4, 0.5) is 0 Å². The molecule has 0 amide bonds. The van der Waals surface area contributed by atoms with E-state index in [0.29, 0.717) is 32.1 Å². The van der Waals surface area contributed by atoms with Gasteiger partial charge in [-0.15, -0.1) is 0 Å². The minimum Gasteiger partial charge on any atom is -0.394 e. The summed E-state index contributed by atoms with van der Waals surface area (Å²) in [4.78, 5) is 13.1. The quantitative estimate of drug-likeness (QED) is 0.0399. The predicted molar refractivity (Wildman–Crippen MR) is 286 cm³/mol. The number of allylic oxidation sites excluding steroid dienone is 4. The molecule has 0 radical (unpaired) electrons. The van der Waals surface area contributed by atoms with Crippen molar-refractivity contribution < 1.29 is 136 Å². The predicted octanol–water partition coefficient (Wildman–Crippen LogP) is -2.76. The summed E-state index contributed by atoms with van der Waals surface area (Å²) in [6.07, 6.45) is -36.1. The number of hydrogen-bond acceptors (Lipinski definition) is 27. The van der Waals surface area contributed by atoms with Gasteiger partial charge in [0.15, 0.2) is 37.2 Å². The molecule has 5 aliphatic heterocycles. The highest BCUT2D eigenvalue weighted by Crippen LogP contribution is 2.67. The molecule has 28 nitrogen and oxygen atoms in total. The molecule has 0 aromatic rings. The molecule has 0 unspecified atom stereocenters. The van der Waals surface area contributed by atoms with Crippen LogP contribution in [0.25, 0.3) is 0 Å². The number of ketones is 1. The van der Waals surface area contributed by atoms with E-state index in [1.807, 2.05) is 13.8 Å². The first-order chi connectivity index (χ1) is 39.7. The molecule has 0 aromatic heterocycles. The first kappa shape index (κ1) is 67.5. The van der Waals surface area contributed by atoms with Gasteiger partial charge in [0.25, 0.3) is 0 Å². The van der Waals surface area contributed by atoms with Crippen molar-refractivity contribution in [3.8, 4) is 0 Å². The molecule has 85 heavy (non-hydrogen) atoms. The van der Waals surface area contributed by atoms with Crippen LogP contribution < -0.4 is 0 Å². The Morgan fingerprint density at radius 2 is 1.20 bits per heavy atom. The summed E-state index contributed by atoms with van der Waals surface area (Å²) in [5.74, 6) is -1.15. The third-order valence-corrected chi connectivity index (χ3v) is 20.6. The van der Waals surface area contributed by atoms with Crippen LogP contribution in [0.15, 0.2) is 23.3 Å². The van der Waals surface area contributed by atoms with E-state index in [2.05, 4.69) is 19.9 Å². The highest BCUT2D eigenvalue weighted by Gasteiger charge is 2.64. The van der Waals surface area contributed by atoms with Gasteiger partial charge in [0.05, 0.1) is 49.3 Å². The summed E-state index contributed by atoms with van der Waals surface area (Å²) in [5, 5.41) is 145. The van der Waals surface area contributed by atoms with Crippen molar-refractivity contribution in [2.45, 2.75) is 272 Å². The highest BCUT2D eigenvalue weighted by molar-refractivity contribution is 7.80. The third kappa shape index (κ3) is 13.4. The number of rotatable bonds is 17. The van der Waals surface area contributed by atoms with E-state index in [-0.39, 0.29) is 42.8 Å². The summed E-state index contributed by atoms with van der Waals surface area (Å²) in [6, 6.07) is 0. The van der Waals surface area contributed by atoms with E-state index >= 15 is 0 Å². The zero-order chi connectivity index (χ0) is 62.3. The van der Waals surface area contributed by atoms with E-state index in [4.69, 9.17) is 51.6 Å². The second-order valence-corrected chi connectivity index (χ2v) is 27.3. The molecule has 29 heteroatoms. The number of carbonyl (C=O) groups excluding carboxylic acids is 1. The molecular weight excluding hydrogens is 1150 g/mol. The van der Waals surface area contributed by atoms with Crippen molar-refractivity contribution in [2.75, 3.05) is 13.2 Å². The van der Waals surface area contributed by atoms with Crippen LogP contribution in [-0.2, 0) is 66.7 Å². The Labute approximate surface area is 493 Å². The maximum atomic E-state index is 13.1. The Hall–Kier alpha value is -1.90. The summed E-state index contributed by atoms with van der Waals surface area (Å²) in [6.45, 7) is 12.2. The van der Waals surface area contributed by atoms with Crippen LogP contribution in [0, 0.1) is 34.5 Å². The molecule has 3 saturated carbocycles. The fraction of sp³-hybridized carbons (Fsp3) is 0.911. The molecule has 9 rings (SSSR count). The number of hydrogen-bond donors (Lipinski definition) is 14. The van der Waals surface area contributed by atoms with E-state index in [1.165, 1.54) is 26.8 Å². The van der Waals surface area contributed by atoms with E-state index in [0.717, 1.165) is 11.1 Å². The average Bonchev–Trinajstić information content (AvgIpc) is 1.71. The normalized spacial score (nSPS) is 51.1. The maximum Gasteiger partial charge on any atom is 0.397 e. The number of aliphatic hydroxyl groups is 13. The van der Waals surface area contributed by atoms with Gasteiger partial charge >= 0.3 is 10.4 Å². The lowest BCUT2D eigenvalue weighted by atomic mass is 9.47. The Kier molecular flexibility index (Phi) is 20.6. The lowest BCUT2D eigenvalue weighted by Crippen LogP contribution is -2.67. The Balaban J connectivity index is 0.985. The first-order valence-corrected chi connectivity index (χ1v) is 30.9. The monoisotopic (exact) mass is 1240 g/mol. The second kappa shape index (κ2) is 26.0. The van der Waals surface area contributed by atoms with Gasteiger partial charge in [-0.2, -0.15) is 8.42 Å². The van der Waals surface area contributed by atoms with Crippen LogP contribution in [-0.4, -0.2) is 264 Å². The van der Waals surface area contributed by atoms with Gasteiger partial charge < -0.3 is 114 Å². The zero-order valence-corrected chi connectivity index (χ0v) is 49.7. The summed E-state index contributed by atoms with van der Waals surface area (Å²) < 4.78 is 100. The minimum absolute atomic E-state index is 0.0200. The van der Waals surface area contributed by atoms with E-state index in [9.17, 15) is 84.1 Å². The molecule has 9 aliphatic rings. The topological polar surface area (TPSA) is 436 Å². The van der Waals surface area contributed by atoms with Crippen molar-refractivity contribution in [2.24, 2.45) is 34.5 Å². The Morgan fingerprint density at radius 3 is 1.78 bits per heavy atom. The summed E-state index contributed by atoms with van der Waals surface area (Å²) >= 11 is 0. The van der Waals surface area contributed by atoms with Gasteiger partial charge in [-0.1, -0.05) is 31.1 Å². The molecule has 5 saturated heterocycles. The molecular formula is C56H90O28S. The maximum absolute atomic E-state index is 13.1. The number of aliphatic hydroxyl groups excluding tert-OH is 12. The molecule has 0 bridgehead atoms. The fourth-order valence-electron chi connectivity index (χ4n) is 15.6. The zero-order valence-electron chi connectivity index (χ0n) is 48.9. The summed E-state index contributed by atoms with van der Waals surface area (Å²) in [5.41, 5.74) is -0.524. The summed E-state index contributed by atoms with van der Waals surface area (Å²) in [7, 11) is -4.89. The Bertz CT molecular complexity index is 2480. The van der Waals surface area contributed by atoms with Crippen molar-refractivity contribution >= 4 is 16.2 Å². The number of carbonyl (C=O) groups is 1. The van der Waals surface area contributed by atoms with Gasteiger partial charge in [0.2, 0.25) is 0 Å². The van der Waals surface area contributed by atoms with Crippen LogP contribution in [0.2, 0.25) is 0 Å². The van der Waals surface area contributed by atoms with Gasteiger partial charge in [0, 0.05) is 6.42 Å². The average molecular weight is 1240 g/mol. The molecule has 5 heterocycles. The fourth-order valence-corrected chi connectivity index (χ4v) is 16.1. The SMILES string of the molecule is CC(C)=CC(=O)C[C@](C)(O)[C@H]1CC[C@H]2[C@@H]3C[C@H](O[C@@H]4O[C@H](C)[C@@H](O)[C@H](O[C@@H]5OC[C@@H](O[C@@H]6O[C@H](CO)[C@H](O)[C@H](O)[C@H]6O[C@@H]6O[C@H](C)[C@H](O)[C@H](O)[C@H]6O)[C@H](O)[C@H]5O[C@@H]5O[C@H](C)[C@@H](O)[C@H](O)[C@H]5O)[C@H]4O)[C@H]4C[C@@H](OS(=O)(=O)O)CC[C@]4(C)C3=CC[C@@]21C. The molecule has 4 aliphatic carbocycles. The lowest BCUT2D eigenvalue weighted by molar-refractivity contribution is -0.398. The van der Waals surface area contributed by atoms with Crippen molar-refractivity contribution in [1.29, 1.82) is 0 Å². The van der Waals surface area contributed by atoms with Gasteiger partial charge in [-0.25, -0.2) is 4.18 Å². The van der Waals surface area contributed by atoms with Crippen molar-refractivity contribution in [3.05, 3.63) is 23.3 Å². The molecule has 8 fully saturated rings. The largest absolute Gasteiger partial charge is 0.397 e.